The Morgan fingerprint density at radius 2 is 1.85 bits per heavy atom. The number of carbonyl (C=O) groups is 2. The van der Waals surface area contributed by atoms with Crippen molar-refractivity contribution >= 4 is 22.6 Å². The minimum atomic E-state index is -0.564. The number of fused-ring (bicyclic) bond motifs is 1. The first-order valence-corrected chi connectivity index (χ1v) is 8.41. The highest BCUT2D eigenvalue weighted by Crippen LogP contribution is 2.20. The fraction of sp³-hybridized carbons (Fsp3) is 0.190. The molecule has 2 aromatic carbocycles. The topological polar surface area (TPSA) is 68.3 Å². The van der Waals surface area contributed by atoms with Gasteiger partial charge in [-0.3, -0.25) is 9.78 Å². The van der Waals surface area contributed by atoms with Crippen LogP contribution < -0.4 is 5.32 Å². The molecule has 0 aliphatic rings. The van der Waals surface area contributed by atoms with Crippen LogP contribution in [0.4, 0.5) is 0 Å². The van der Waals surface area contributed by atoms with Crippen LogP contribution in [0.15, 0.2) is 60.8 Å². The van der Waals surface area contributed by atoms with Crippen LogP contribution in [0, 0.1) is 6.92 Å². The van der Waals surface area contributed by atoms with Crippen LogP contribution in [-0.4, -0.2) is 23.5 Å². The SMILES string of the molecule is Cc1ccc(C(=O)OCC(=O)NC(C)c2ccc3ccccc3c2)cn1. The van der Waals surface area contributed by atoms with E-state index >= 15 is 0 Å². The number of nitrogens with zero attached hydrogens (tertiary/aromatic N) is 1. The summed E-state index contributed by atoms with van der Waals surface area (Å²) in [6.07, 6.45) is 1.44. The summed E-state index contributed by atoms with van der Waals surface area (Å²) in [5.74, 6) is -0.912. The number of benzene rings is 2. The molecule has 0 aliphatic carbocycles. The quantitative estimate of drug-likeness (QED) is 0.716. The van der Waals surface area contributed by atoms with Gasteiger partial charge in [0.15, 0.2) is 6.61 Å². The molecule has 1 unspecified atom stereocenters. The summed E-state index contributed by atoms with van der Waals surface area (Å²) in [5, 5.41) is 5.11. The Kier molecular flexibility index (Phi) is 5.27. The molecule has 26 heavy (non-hydrogen) atoms. The van der Waals surface area contributed by atoms with Gasteiger partial charge >= 0.3 is 5.97 Å². The number of ether oxygens (including phenoxy) is 1. The Bertz CT molecular complexity index is 935. The van der Waals surface area contributed by atoms with Crippen molar-refractivity contribution in [2.24, 2.45) is 0 Å². The molecule has 0 spiro atoms. The minimum absolute atomic E-state index is 0.188. The van der Waals surface area contributed by atoms with Crippen LogP contribution in [0.2, 0.25) is 0 Å². The number of rotatable bonds is 5. The van der Waals surface area contributed by atoms with Gasteiger partial charge < -0.3 is 10.1 Å². The lowest BCUT2D eigenvalue weighted by atomic mass is 10.0. The van der Waals surface area contributed by atoms with Gasteiger partial charge in [-0.2, -0.15) is 0 Å². The van der Waals surface area contributed by atoms with Crippen molar-refractivity contribution in [3.05, 3.63) is 77.6 Å². The number of amides is 1. The van der Waals surface area contributed by atoms with Crippen molar-refractivity contribution < 1.29 is 14.3 Å². The number of hydrogen-bond donors (Lipinski definition) is 1. The predicted molar refractivity (Wildman–Crippen MR) is 99.8 cm³/mol. The third-order valence-electron chi connectivity index (χ3n) is 4.13. The Balaban J connectivity index is 1.56. The van der Waals surface area contributed by atoms with Gasteiger partial charge in [-0.25, -0.2) is 4.79 Å². The first kappa shape index (κ1) is 17.6. The van der Waals surface area contributed by atoms with E-state index in [1.807, 2.05) is 56.3 Å². The zero-order valence-electron chi connectivity index (χ0n) is 14.7. The van der Waals surface area contributed by atoms with Crippen LogP contribution in [0.25, 0.3) is 10.8 Å². The van der Waals surface area contributed by atoms with E-state index in [1.165, 1.54) is 6.20 Å². The van der Waals surface area contributed by atoms with E-state index in [-0.39, 0.29) is 18.6 Å². The smallest absolute Gasteiger partial charge is 0.340 e. The maximum Gasteiger partial charge on any atom is 0.340 e. The second-order valence-corrected chi connectivity index (χ2v) is 6.16. The third-order valence-corrected chi connectivity index (χ3v) is 4.13. The van der Waals surface area contributed by atoms with E-state index in [4.69, 9.17) is 4.74 Å². The molecule has 1 atom stereocenters. The van der Waals surface area contributed by atoms with Crippen molar-refractivity contribution in [1.29, 1.82) is 0 Å². The number of aromatic nitrogens is 1. The van der Waals surface area contributed by atoms with E-state index in [0.29, 0.717) is 5.56 Å². The fourth-order valence-electron chi connectivity index (χ4n) is 2.65. The first-order valence-electron chi connectivity index (χ1n) is 8.41. The first-order chi connectivity index (χ1) is 12.5. The van der Waals surface area contributed by atoms with Gasteiger partial charge in [-0.15, -0.1) is 0 Å². The normalized spacial score (nSPS) is 11.8. The van der Waals surface area contributed by atoms with Crippen LogP contribution in [-0.2, 0) is 9.53 Å². The van der Waals surface area contributed by atoms with Crippen molar-refractivity contribution in [2.75, 3.05) is 6.61 Å². The Morgan fingerprint density at radius 1 is 1.08 bits per heavy atom. The zero-order chi connectivity index (χ0) is 18.5. The van der Waals surface area contributed by atoms with E-state index in [9.17, 15) is 9.59 Å². The molecule has 0 aliphatic heterocycles. The molecule has 1 heterocycles. The summed E-state index contributed by atoms with van der Waals surface area (Å²) in [5.41, 5.74) is 2.13. The summed E-state index contributed by atoms with van der Waals surface area (Å²) in [6, 6.07) is 17.3. The van der Waals surface area contributed by atoms with Gasteiger partial charge in [0.1, 0.15) is 0 Å². The molecular weight excluding hydrogens is 328 g/mol. The maximum absolute atomic E-state index is 12.1. The third kappa shape index (κ3) is 4.25. The van der Waals surface area contributed by atoms with E-state index in [0.717, 1.165) is 22.0 Å². The molecule has 1 aromatic heterocycles. The van der Waals surface area contributed by atoms with Gasteiger partial charge in [0.25, 0.3) is 5.91 Å². The lowest BCUT2D eigenvalue weighted by molar-refractivity contribution is -0.124. The predicted octanol–water partition coefficient (Wildman–Crippen LogP) is 3.58. The number of hydrogen-bond acceptors (Lipinski definition) is 4. The molecule has 0 saturated carbocycles. The van der Waals surface area contributed by atoms with Crippen LogP contribution in [0.5, 0.6) is 0 Å². The summed E-state index contributed by atoms with van der Waals surface area (Å²) in [7, 11) is 0. The van der Waals surface area contributed by atoms with Crippen molar-refractivity contribution in [3.8, 4) is 0 Å². The second-order valence-electron chi connectivity index (χ2n) is 6.16. The maximum atomic E-state index is 12.1. The summed E-state index contributed by atoms with van der Waals surface area (Å²) < 4.78 is 5.05. The summed E-state index contributed by atoms with van der Waals surface area (Å²) in [4.78, 5) is 28.0. The van der Waals surface area contributed by atoms with Gasteiger partial charge in [0, 0.05) is 11.9 Å². The van der Waals surface area contributed by atoms with Crippen LogP contribution in [0.1, 0.15) is 34.6 Å². The average molecular weight is 348 g/mol. The zero-order valence-corrected chi connectivity index (χ0v) is 14.7. The number of pyridine rings is 1. The number of nitrogens with one attached hydrogen (secondary N) is 1. The van der Waals surface area contributed by atoms with E-state index < -0.39 is 5.97 Å². The van der Waals surface area contributed by atoms with Gasteiger partial charge in [0.2, 0.25) is 0 Å². The molecule has 0 radical (unpaired) electrons. The van der Waals surface area contributed by atoms with Crippen LogP contribution >= 0.6 is 0 Å². The Hall–Kier alpha value is -3.21. The molecule has 1 amide bonds. The fourth-order valence-corrected chi connectivity index (χ4v) is 2.65. The molecule has 3 rings (SSSR count). The van der Waals surface area contributed by atoms with Gasteiger partial charge in [0.05, 0.1) is 11.6 Å². The van der Waals surface area contributed by atoms with Crippen molar-refractivity contribution in [1.82, 2.24) is 10.3 Å². The van der Waals surface area contributed by atoms with Crippen molar-refractivity contribution in [3.63, 3.8) is 0 Å². The molecule has 132 valence electrons. The molecular formula is C21H20N2O3. The van der Waals surface area contributed by atoms with Crippen molar-refractivity contribution in [2.45, 2.75) is 19.9 Å². The highest BCUT2D eigenvalue weighted by Gasteiger charge is 2.13. The molecule has 5 nitrogen and oxygen atoms in total. The molecule has 0 fully saturated rings. The average Bonchev–Trinajstić information content (AvgIpc) is 2.66. The highest BCUT2D eigenvalue weighted by atomic mass is 16.5. The number of carbonyl (C=O) groups excluding carboxylic acids is 2. The molecule has 0 bridgehead atoms. The summed E-state index contributed by atoms with van der Waals surface area (Å²) in [6.45, 7) is 3.40. The molecule has 1 N–H and O–H groups in total. The minimum Gasteiger partial charge on any atom is -0.452 e. The second kappa shape index (κ2) is 7.78. The lowest BCUT2D eigenvalue weighted by Gasteiger charge is -2.15. The monoisotopic (exact) mass is 348 g/mol. The Morgan fingerprint density at radius 3 is 2.58 bits per heavy atom. The number of esters is 1. The Labute approximate surface area is 152 Å². The van der Waals surface area contributed by atoms with Gasteiger partial charge in [-0.05, 0) is 48.4 Å². The largest absolute Gasteiger partial charge is 0.452 e. The van der Waals surface area contributed by atoms with E-state index in [1.54, 1.807) is 12.1 Å². The molecule has 0 saturated heterocycles. The molecule has 3 aromatic rings. The molecule has 5 heteroatoms. The standard InChI is InChI=1S/C21H20N2O3/c1-14-7-8-19(12-22-14)21(25)26-13-20(24)23-15(2)17-10-9-16-5-3-4-6-18(16)11-17/h3-12,15H,13H2,1-2H3,(H,23,24). The lowest BCUT2D eigenvalue weighted by Crippen LogP contribution is -2.31. The van der Waals surface area contributed by atoms with E-state index in [2.05, 4.69) is 10.3 Å². The van der Waals surface area contributed by atoms with Crippen LogP contribution in [0.3, 0.4) is 0 Å². The van der Waals surface area contributed by atoms with Gasteiger partial charge in [-0.1, -0.05) is 36.4 Å². The number of aryl methyl sites for hydroxylation is 1. The highest BCUT2D eigenvalue weighted by molar-refractivity contribution is 5.91. The summed E-state index contributed by atoms with van der Waals surface area (Å²) >= 11 is 0.